The van der Waals surface area contributed by atoms with E-state index in [1.54, 1.807) is 24.3 Å². The Morgan fingerprint density at radius 1 is 1.28 bits per heavy atom. The molecule has 5 nitrogen and oxygen atoms in total. The molecule has 0 unspecified atom stereocenters. The van der Waals surface area contributed by atoms with Gasteiger partial charge in [-0.05, 0) is 50.2 Å². The number of rotatable bonds is 2. The first-order valence-electron chi connectivity index (χ1n) is 6.06. The average molecular weight is 244 g/mol. The van der Waals surface area contributed by atoms with Gasteiger partial charge in [0, 0.05) is 11.7 Å². The molecule has 1 aromatic rings. The molecule has 1 aliphatic heterocycles. The van der Waals surface area contributed by atoms with Crippen LogP contribution in [0.3, 0.4) is 0 Å². The van der Waals surface area contributed by atoms with E-state index in [1.165, 1.54) is 0 Å². The van der Waals surface area contributed by atoms with Crippen LogP contribution in [0, 0.1) is 11.3 Å². The molecule has 2 rings (SSSR count). The van der Waals surface area contributed by atoms with Crippen LogP contribution in [-0.2, 0) is 0 Å². The standard InChI is InChI=1S/C13H16N4O/c14-9-10-1-3-11(4-2-10)16-13(18)17-12-5-7-15-8-6-12/h1-4,12,15H,5-8H2,(H2,16,17,18). The Morgan fingerprint density at radius 2 is 1.94 bits per heavy atom. The summed E-state index contributed by atoms with van der Waals surface area (Å²) < 4.78 is 0. The fraction of sp³-hybridized carbons (Fsp3) is 0.385. The molecule has 18 heavy (non-hydrogen) atoms. The van der Waals surface area contributed by atoms with Crippen molar-refractivity contribution in [2.24, 2.45) is 0 Å². The van der Waals surface area contributed by atoms with Gasteiger partial charge in [-0.25, -0.2) is 4.79 Å². The predicted molar refractivity (Wildman–Crippen MR) is 69.2 cm³/mol. The van der Waals surface area contributed by atoms with E-state index < -0.39 is 0 Å². The number of carbonyl (C=O) groups is 1. The molecule has 1 aliphatic rings. The highest BCUT2D eigenvalue weighted by Gasteiger charge is 2.14. The van der Waals surface area contributed by atoms with E-state index in [-0.39, 0.29) is 12.1 Å². The van der Waals surface area contributed by atoms with Gasteiger partial charge in [0.1, 0.15) is 0 Å². The molecular formula is C13H16N4O. The molecule has 5 heteroatoms. The summed E-state index contributed by atoms with van der Waals surface area (Å²) >= 11 is 0. The third kappa shape index (κ3) is 3.47. The van der Waals surface area contributed by atoms with Gasteiger partial charge in [-0.2, -0.15) is 5.26 Å². The van der Waals surface area contributed by atoms with Crippen LogP contribution in [0.1, 0.15) is 18.4 Å². The number of nitrogens with one attached hydrogen (secondary N) is 3. The van der Waals surface area contributed by atoms with Crippen LogP contribution >= 0.6 is 0 Å². The molecule has 0 bridgehead atoms. The fourth-order valence-corrected chi connectivity index (χ4v) is 1.95. The fourth-order valence-electron chi connectivity index (χ4n) is 1.95. The molecule has 0 radical (unpaired) electrons. The zero-order chi connectivity index (χ0) is 12.8. The minimum atomic E-state index is -0.188. The Hall–Kier alpha value is -2.06. The van der Waals surface area contributed by atoms with E-state index in [4.69, 9.17) is 5.26 Å². The quantitative estimate of drug-likeness (QED) is 0.736. The molecule has 2 amide bonds. The van der Waals surface area contributed by atoms with E-state index in [0.717, 1.165) is 25.9 Å². The van der Waals surface area contributed by atoms with Crippen molar-refractivity contribution in [3.05, 3.63) is 29.8 Å². The molecule has 1 fully saturated rings. The van der Waals surface area contributed by atoms with Gasteiger partial charge < -0.3 is 16.0 Å². The van der Waals surface area contributed by atoms with Gasteiger partial charge in [-0.1, -0.05) is 0 Å². The van der Waals surface area contributed by atoms with Crippen LogP contribution in [0.15, 0.2) is 24.3 Å². The largest absolute Gasteiger partial charge is 0.335 e. The van der Waals surface area contributed by atoms with Crippen LogP contribution in [0.4, 0.5) is 10.5 Å². The first-order valence-corrected chi connectivity index (χ1v) is 6.06. The zero-order valence-electron chi connectivity index (χ0n) is 10.1. The minimum Gasteiger partial charge on any atom is -0.335 e. The third-order valence-electron chi connectivity index (χ3n) is 2.95. The maximum absolute atomic E-state index is 11.7. The second-order valence-electron chi connectivity index (χ2n) is 4.31. The number of amides is 2. The summed E-state index contributed by atoms with van der Waals surface area (Å²) in [5.41, 5.74) is 1.28. The number of hydrogen-bond donors (Lipinski definition) is 3. The van der Waals surface area contributed by atoms with E-state index in [1.807, 2.05) is 6.07 Å². The Kier molecular flexibility index (Phi) is 4.15. The van der Waals surface area contributed by atoms with Crippen molar-refractivity contribution in [3.8, 4) is 6.07 Å². The molecule has 0 aromatic heterocycles. The van der Waals surface area contributed by atoms with Gasteiger partial charge in [-0.3, -0.25) is 0 Å². The lowest BCUT2D eigenvalue weighted by atomic mass is 10.1. The number of benzene rings is 1. The number of nitriles is 1. The number of carbonyl (C=O) groups excluding carboxylic acids is 1. The third-order valence-corrected chi connectivity index (χ3v) is 2.95. The van der Waals surface area contributed by atoms with Crippen LogP contribution in [-0.4, -0.2) is 25.2 Å². The number of anilines is 1. The van der Waals surface area contributed by atoms with E-state index in [9.17, 15) is 4.79 Å². The number of urea groups is 1. The number of piperidine rings is 1. The summed E-state index contributed by atoms with van der Waals surface area (Å²) in [5, 5.41) is 17.6. The molecule has 0 saturated carbocycles. The van der Waals surface area contributed by atoms with Crippen molar-refractivity contribution in [2.75, 3.05) is 18.4 Å². The second-order valence-corrected chi connectivity index (χ2v) is 4.31. The normalized spacial score (nSPS) is 15.7. The van der Waals surface area contributed by atoms with Crippen LogP contribution < -0.4 is 16.0 Å². The zero-order valence-corrected chi connectivity index (χ0v) is 10.1. The van der Waals surface area contributed by atoms with Gasteiger partial charge >= 0.3 is 6.03 Å². The Balaban J connectivity index is 1.84. The summed E-state index contributed by atoms with van der Waals surface area (Å²) in [5.74, 6) is 0. The molecule has 0 spiro atoms. The molecule has 1 heterocycles. The molecule has 0 aliphatic carbocycles. The maximum Gasteiger partial charge on any atom is 0.319 e. The van der Waals surface area contributed by atoms with E-state index in [2.05, 4.69) is 16.0 Å². The van der Waals surface area contributed by atoms with Crippen LogP contribution in [0.25, 0.3) is 0 Å². The van der Waals surface area contributed by atoms with Crippen molar-refractivity contribution < 1.29 is 4.79 Å². The van der Waals surface area contributed by atoms with Crippen molar-refractivity contribution in [1.82, 2.24) is 10.6 Å². The van der Waals surface area contributed by atoms with Crippen molar-refractivity contribution in [2.45, 2.75) is 18.9 Å². The van der Waals surface area contributed by atoms with Gasteiger partial charge in [0.2, 0.25) is 0 Å². The summed E-state index contributed by atoms with van der Waals surface area (Å²) in [6.45, 7) is 1.89. The molecule has 0 atom stereocenters. The van der Waals surface area contributed by atoms with Gasteiger partial charge in [0.05, 0.1) is 11.6 Å². The van der Waals surface area contributed by atoms with Gasteiger partial charge in [-0.15, -0.1) is 0 Å². The first-order chi connectivity index (χ1) is 8.78. The van der Waals surface area contributed by atoms with Gasteiger partial charge in [0.15, 0.2) is 0 Å². The molecular weight excluding hydrogens is 228 g/mol. The van der Waals surface area contributed by atoms with E-state index in [0.29, 0.717) is 11.3 Å². The average Bonchev–Trinajstić information content (AvgIpc) is 2.40. The Morgan fingerprint density at radius 3 is 2.56 bits per heavy atom. The van der Waals surface area contributed by atoms with Crippen LogP contribution in [0.2, 0.25) is 0 Å². The lowest BCUT2D eigenvalue weighted by Crippen LogP contribution is -2.44. The monoisotopic (exact) mass is 244 g/mol. The predicted octanol–water partition coefficient (Wildman–Crippen LogP) is 1.43. The number of hydrogen-bond acceptors (Lipinski definition) is 3. The SMILES string of the molecule is N#Cc1ccc(NC(=O)NC2CCNCC2)cc1. The van der Waals surface area contributed by atoms with E-state index >= 15 is 0 Å². The minimum absolute atomic E-state index is 0.188. The molecule has 94 valence electrons. The maximum atomic E-state index is 11.7. The molecule has 3 N–H and O–H groups in total. The molecule has 1 aromatic carbocycles. The topological polar surface area (TPSA) is 77.0 Å². The second kappa shape index (κ2) is 6.03. The Labute approximate surface area is 106 Å². The van der Waals surface area contributed by atoms with Crippen molar-refractivity contribution in [3.63, 3.8) is 0 Å². The summed E-state index contributed by atoms with van der Waals surface area (Å²) in [6.07, 6.45) is 1.92. The van der Waals surface area contributed by atoms with Crippen LogP contribution in [0.5, 0.6) is 0 Å². The Bertz CT molecular complexity index is 443. The lowest BCUT2D eigenvalue weighted by Gasteiger charge is -2.23. The highest BCUT2D eigenvalue weighted by atomic mass is 16.2. The first kappa shape index (κ1) is 12.4. The van der Waals surface area contributed by atoms with Crippen molar-refractivity contribution >= 4 is 11.7 Å². The summed E-state index contributed by atoms with van der Waals surface area (Å²) in [7, 11) is 0. The smallest absolute Gasteiger partial charge is 0.319 e. The van der Waals surface area contributed by atoms with Crippen molar-refractivity contribution in [1.29, 1.82) is 5.26 Å². The number of nitrogens with zero attached hydrogens (tertiary/aromatic N) is 1. The summed E-state index contributed by atoms with van der Waals surface area (Å²) in [6, 6.07) is 8.90. The van der Waals surface area contributed by atoms with Gasteiger partial charge in [0.25, 0.3) is 0 Å². The highest BCUT2D eigenvalue weighted by Crippen LogP contribution is 2.09. The lowest BCUT2D eigenvalue weighted by molar-refractivity contribution is 0.245. The highest BCUT2D eigenvalue weighted by molar-refractivity contribution is 5.89. The molecule has 1 saturated heterocycles. The summed E-state index contributed by atoms with van der Waals surface area (Å²) in [4.78, 5) is 11.7.